The van der Waals surface area contributed by atoms with Crippen LogP contribution < -0.4 is 5.32 Å². The molecule has 0 aliphatic carbocycles. The normalized spacial score (nSPS) is 11.9. The molecule has 0 aliphatic heterocycles. The monoisotopic (exact) mass is 272 g/mol. The smallest absolute Gasteiger partial charge is 0.145 e. The molecule has 0 heterocycles. The highest BCUT2D eigenvalue weighted by molar-refractivity contribution is 5.35. The topological polar surface area (TPSA) is 35.8 Å². The molecule has 1 unspecified atom stereocenters. The summed E-state index contributed by atoms with van der Waals surface area (Å²) in [6.45, 7) is 2.22. The van der Waals surface area contributed by atoms with Crippen molar-refractivity contribution in [3.63, 3.8) is 0 Å². The standard InChI is InChI=1S/C16H14F2N2/c1-11(12-5-7-15(17)8-6-12)20-10-14-4-2-3-13(9-19)16(14)18/h2-8,11,20H,10H2,1H3. The minimum Gasteiger partial charge on any atom is -0.306 e. The fourth-order valence-corrected chi connectivity index (χ4v) is 1.94. The summed E-state index contributed by atoms with van der Waals surface area (Å²) >= 11 is 0. The minimum absolute atomic E-state index is 0.0405. The highest BCUT2D eigenvalue weighted by Crippen LogP contribution is 2.16. The Labute approximate surface area is 116 Å². The van der Waals surface area contributed by atoms with Crippen molar-refractivity contribution < 1.29 is 8.78 Å². The van der Waals surface area contributed by atoms with Gasteiger partial charge in [0.05, 0.1) is 5.56 Å². The van der Waals surface area contributed by atoms with Crippen LogP contribution in [-0.2, 0) is 6.54 Å². The molecule has 20 heavy (non-hydrogen) atoms. The van der Waals surface area contributed by atoms with Crippen LogP contribution in [0.15, 0.2) is 42.5 Å². The zero-order chi connectivity index (χ0) is 14.5. The number of halogens is 2. The molecule has 1 atom stereocenters. The number of rotatable bonds is 4. The molecular formula is C16H14F2N2. The van der Waals surface area contributed by atoms with Gasteiger partial charge in [0, 0.05) is 18.2 Å². The molecule has 0 aliphatic rings. The molecule has 0 spiro atoms. The molecule has 1 N–H and O–H groups in total. The van der Waals surface area contributed by atoms with Crippen LogP contribution in [0.5, 0.6) is 0 Å². The number of nitrogens with one attached hydrogen (secondary N) is 1. The van der Waals surface area contributed by atoms with Gasteiger partial charge in [-0.05, 0) is 30.7 Å². The molecule has 0 bridgehead atoms. The molecular weight excluding hydrogens is 258 g/mol. The second kappa shape index (κ2) is 6.27. The molecule has 2 aromatic rings. The van der Waals surface area contributed by atoms with Crippen molar-refractivity contribution in [2.45, 2.75) is 19.5 Å². The summed E-state index contributed by atoms with van der Waals surface area (Å²) in [5.74, 6) is -0.775. The predicted octanol–water partition coefficient (Wildman–Crippen LogP) is 3.69. The number of hydrogen-bond acceptors (Lipinski definition) is 2. The lowest BCUT2D eigenvalue weighted by molar-refractivity contribution is 0.541. The van der Waals surface area contributed by atoms with Crippen LogP contribution in [0.2, 0.25) is 0 Å². The van der Waals surface area contributed by atoms with E-state index in [1.54, 1.807) is 24.3 Å². The van der Waals surface area contributed by atoms with E-state index in [-0.39, 0.29) is 17.4 Å². The molecule has 2 rings (SSSR count). The third-order valence-corrected chi connectivity index (χ3v) is 3.17. The zero-order valence-corrected chi connectivity index (χ0v) is 11.0. The van der Waals surface area contributed by atoms with Gasteiger partial charge in [0.15, 0.2) is 0 Å². The SMILES string of the molecule is CC(NCc1cccc(C#N)c1F)c1ccc(F)cc1. The van der Waals surface area contributed by atoms with Gasteiger partial charge in [0.1, 0.15) is 17.7 Å². The number of nitriles is 1. The van der Waals surface area contributed by atoms with Crippen LogP contribution in [0, 0.1) is 23.0 Å². The maximum atomic E-state index is 13.9. The number of hydrogen-bond donors (Lipinski definition) is 1. The van der Waals surface area contributed by atoms with E-state index in [1.807, 2.05) is 13.0 Å². The van der Waals surface area contributed by atoms with Gasteiger partial charge in [-0.1, -0.05) is 24.3 Å². The van der Waals surface area contributed by atoms with Crippen molar-refractivity contribution in [1.82, 2.24) is 5.32 Å². The van der Waals surface area contributed by atoms with Crippen molar-refractivity contribution in [3.8, 4) is 6.07 Å². The average Bonchev–Trinajstić information content (AvgIpc) is 2.46. The van der Waals surface area contributed by atoms with Crippen molar-refractivity contribution in [1.29, 1.82) is 5.26 Å². The summed E-state index contributed by atoms with van der Waals surface area (Å²) in [6.07, 6.45) is 0. The molecule has 0 saturated carbocycles. The predicted molar refractivity (Wildman–Crippen MR) is 72.8 cm³/mol. The first-order chi connectivity index (χ1) is 9.61. The van der Waals surface area contributed by atoms with Crippen LogP contribution in [0.4, 0.5) is 8.78 Å². The zero-order valence-electron chi connectivity index (χ0n) is 11.0. The van der Waals surface area contributed by atoms with E-state index in [9.17, 15) is 8.78 Å². The fourth-order valence-electron chi connectivity index (χ4n) is 1.94. The van der Waals surface area contributed by atoms with Crippen molar-refractivity contribution in [2.75, 3.05) is 0 Å². The maximum Gasteiger partial charge on any atom is 0.145 e. The Balaban J connectivity index is 2.05. The van der Waals surface area contributed by atoms with Gasteiger partial charge < -0.3 is 5.32 Å². The van der Waals surface area contributed by atoms with E-state index in [0.717, 1.165) is 5.56 Å². The van der Waals surface area contributed by atoms with Gasteiger partial charge in [0.25, 0.3) is 0 Å². The Hall–Kier alpha value is -2.25. The second-order valence-corrected chi connectivity index (χ2v) is 4.54. The summed E-state index contributed by atoms with van der Waals surface area (Å²) < 4.78 is 26.7. The largest absolute Gasteiger partial charge is 0.306 e. The Morgan fingerprint density at radius 2 is 1.85 bits per heavy atom. The first-order valence-electron chi connectivity index (χ1n) is 6.28. The van der Waals surface area contributed by atoms with Gasteiger partial charge in [-0.25, -0.2) is 8.78 Å². The van der Waals surface area contributed by atoms with Crippen LogP contribution in [0.25, 0.3) is 0 Å². The third-order valence-electron chi connectivity index (χ3n) is 3.17. The van der Waals surface area contributed by atoms with E-state index in [1.165, 1.54) is 18.2 Å². The third kappa shape index (κ3) is 3.19. The summed E-state index contributed by atoms with van der Waals surface area (Å²) in [4.78, 5) is 0. The summed E-state index contributed by atoms with van der Waals surface area (Å²) in [5, 5.41) is 11.9. The average molecular weight is 272 g/mol. The summed E-state index contributed by atoms with van der Waals surface area (Å²) in [6, 6.07) is 12.7. The Bertz CT molecular complexity index is 630. The highest BCUT2D eigenvalue weighted by atomic mass is 19.1. The first kappa shape index (κ1) is 14.2. The van der Waals surface area contributed by atoms with E-state index in [0.29, 0.717) is 12.1 Å². The van der Waals surface area contributed by atoms with Crippen molar-refractivity contribution in [2.24, 2.45) is 0 Å². The second-order valence-electron chi connectivity index (χ2n) is 4.54. The van der Waals surface area contributed by atoms with Gasteiger partial charge >= 0.3 is 0 Å². The lowest BCUT2D eigenvalue weighted by atomic mass is 10.1. The Kier molecular flexibility index (Phi) is 4.44. The van der Waals surface area contributed by atoms with Gasteiger partial charge in [0.2, 0.25) is 0 Å². The molecule has 0 fully saturated rings. The maximum absolute atomic E-state index is 13.9. The van der Waals surface area contributed by atoms with E-state index in [4.69, 9.17) is 5.26 Å². The molecule has 2 aromatic carbocycles. The van der Waals surface area contributed by atoms with E-state index < -0.39 is 5.82 Å². The Morgan fingerprint density at radius 3 is 2.50 bits per heavy atom. The van der Waals surface area contributed by atoms with Gasteiger partial charge in [-0.2, -0.15) is 5.26 Å². The van der Waals surface area contributed by atoms with Crippen LogP contribution >= 0.6 is 0 Å². The first-order valence-corrected chi connectivity index (χ1v) is 6.28. The Morgan fingerprint density at radius 1 is 1.15 bits per heavy atom. The van der Waals surface area contributed by atoms with Crippen LogP contribution in [0.1, 0.15) is 29.7 Å². The molecule has 0 radical (unpaired) electrons. The van der Waals surface area contributed by atoms with Gasteiger partial charge in [-0.15, -0.1) is 0 Å². The summed E-state index contributed by atoms with van der Waals surface area (Å²) in [7, 11) is 0. The number of nitrogens with zero attached hydrogens (tertiary/aromatic N) is 1. The molecule has 4 heteroatoms. The molecule has 0 aromatic heterocycles. The van der Waals surface area contributed by atoms with Crippen LogP contribution in [-0.4, -0.2) is 0 Å². The molecule has 0 amide bonds. The minimum atomic E-state index is -0.492. The number of benzene rings is 2. The highest BCUT2D eigenvalue weighted by Gasteiger charge is 2.10. The van der Waals surface area contributed by atoms with E-state index >= 15 is 0 Å². The fraction of sp³-hybridized carbons (Fsp3) is 0.188. The van der Waals surface area contributed by atoms with Crippen molar-refractivity contribution >= 4 is 0 Å². The van der Waals surface area contributed by atoms with E-state index in [2.05, 4.69) is 5.32 Å². The summed E-state index contributed by atoms with van der Waals surface area (Å²) in [5.41, 5.74) is 1.40. The molecule has 0 saturated heterocycles. The molecule has 102 valence electrons. The lowest BCUT2D eigenvalue weighted by Crippen LogP contribution is -2.19. The lowest BCUT2D eigenvalue weighted by Gasteiger charge is -2.15. The molecule has 2 nitrogen and oxygen atoms in total. The van der Waals surface area contributed by atoms with Crippen LogP contribution in [0.3, 0.4) is 0 Å². The van der Waals surface area contributed by atoms with Gasteiger partial charge in [-0.3, -0.25) is 0 Å². The van der Waals surface area contributed by atoms with Crippen molar-refractivity contribution in [3.05, 3.63) is 70.8 Å². The quantitative estimate of drug-likeness (QED) is 0.921.